The first kappa shape index (κ1) is 30.8. The van der Waals surface area contributed by atoms with Crippen LogP contribution in [-0.4, -0.2) is 40.4 Å². The standard InChI is InChI=1S/C15H12N2O.C12H13ClN4.2CH4O/c16-15(18)17-13-7-3-1-5-11(13)9-10-12-6-2-4-8-14(12)17;1-2-9-10(11(14)17-12(15)16-9)7-3-5-8(13)6-4-7;2*1-2/h1-10H,(H2,16,18);3-6H,2H2,1H3,(H4,14,15,16,17);2*2H,1H3. The average Bonchev–Trinajstić information content (AvgIpc) is 3.13. The van der Waals surface area contributed by atoms with Crippen LogP contribution in [0, 0.1) is 0 Å². The number of rotatable bonds is 2. The number of aromatic nitrogens is 2. The number of hydrogen-bond acceptors (Lipinski definition) is 7. The Morgan fingerprint density at radius 1 is 0.821 bits per heavy atom. The minimum atomic E-state index is -0.474. The molecule has 1 aromatic heterocycles. The summed E-state index contributed by atoms with van der Waals surface area (Å²) in [5, 5.41) is 14.7. The van der Waals surface area contributed by atoms with E-state index in [-0.39, 0.29) is 5.95 Å². The van der Waals surface area contributed by atoms with E-state index in [4.69, 9.17) is 39.0 Å². The van der Waals surface area contributed by atoms with E-state index in [2.05, 4.69) is 9.97 Å². The van der Waals surface area contributed by atoms with Gasteiger partial charge in [0.15, 0.2) is 0 Å². The van der Waals surface area contributed by atoms with Crippen molar-refractivity contribution in [2.45, 2.75) is 13.3 Å². The zero-order valence-corrected chi connectivity index (χ0v) is 22.8. The van der Waals surface area contributed by atoms with Crippen LogP contribution in [0.5, 0.6) is 0 Å². The van der Waals surface area contributed by atoms with Gasteiger partial charge in [-0.3, -0.25) is 4.90 Å². The lowest BCUT2D eigenvalue weighted by Crippen LogP contribution is -2.32. The van der Waals surface area contributed by atoms with Crippen LogP contribution in [0.25, 0.3) is 23.3 Å². The first-order valence-electron chi connectivity index (χ1n) is 11.9. The van der Waals surface area contributed by atoms with Gasteiger partial charge >= 0.3 is 6.03 Å². The third kappa shape index (κ3) is 7.55. The number of aliphatic hydroxyl groups is 2. The van der Waals surface area contributed by atoms with Crippen LogP contribution < -0.4 is 22.1 Å². The molecule has 0 aliphatic carbocycles. The van der Waals surface area contributed by atoms with Gasteiger partial charge in [-0.05, 0) is 47.4 Å². The summed E-state index contributed by atoms with van der Waals surface area (Å²) in [7, 11) is 2.00. The van der Waals surface area contributed by atoms with Gasteiger partial charge in [0.05, 0.1) is 17.1 Å². The Bertz CT molecular complexity index is 1360. The summed E-state index contributed by atoms with van der Waals surface area (Å²) >= 11 is 5.86. The number of carbonyl (C=O) groups excluding carboxylic acids is 1. The van der Waals surface area contributed by atoms with E-state index in [1.807, 2.05) is 91.9 Å². The molecule has 1 aliphatic heterocycles. The van der Waals surface area contributed by atoms with Crippen LogP contribution in [0.2, 0.25) is 5.02 Å². The van der Waals surface area contributed by atoms with Crippen molar-refractivity contribution in [2.75, 3.05) is 30.6 Å². The number of nitrogens with two attached hydrogens (primary N) is 3. The number of amides is 2. The maximum Gasteiger partial charge on any atom is 0.323 e. The van der Waals surface area contributed by atoms with Gasteiger partial charge in [-0.1, -0.05) is 79.2 Å². The number of fused-ring (bicyclic) bond motifs is 2. The number of nitrogen functional groups attached to an aromatic ring is 2. The number of para-hydroxylation sites is 2. The van der Waals surface area contributed by atoms with E-state index in [0.29, 0.717) is 10.8 Å². The predicted molar refractivity (Wildman–Crippen MR) is 161 cm³/mol. The van der Waals surface area contributed by atoms with Crippen molar-refractivity contribution in [3.05, 3.63) is 94.6 Å². The molecule has 4 aromatic rings. The summed E-state index contributed by atoms with van der Waals surface area (Å²) in [6.07, 6.45) is 4.74. The molecule has 0 fully saturated rings. The van der Waals surface area contributed by atoms with Crippen LogP contribution in [0.1, 0.15) is 23.7 Å². The van der Waals surface area contributed by atoms with Gasteiger partial charge in [0.25, 0.3) is 0 Å². The fraction of sp³-hybridized carbons (Fsp3) is 0.138. The molecule has 0 atom stereocenters. The van der Waals surface area contributed by atoms with Crippen molar-refractivity contribution in [3.8, 4) is 11.1 Å². The molecule has 9 nitrogen and oxygen atoms in total. The number of carbonyl (C=O) groups is 1. The van der Waals surface area contributed by atoms with Gasteiger partial charge in [-0.25, -0.2) is 9.78 Å². The van der Waals surface area contributed by atoms with E-state index in [0.717, 1.165) is 60.0 Å². The number of aliphatic hydroxyl groups excluding tert-OH is 2. The number of primary amides is 1. The highest BCUT2D eigenvalue weighted by molar-refractivity contribution is 6.30. The fourth-order valence-electron chi connectivity index (χ4n) is 3.94. The minimum absolute atomic E-state index is 0.206. The molecule has 2 heterocycles. The van der Waals surface area contributed by atoms with E-state index in [9.17, 15) is 4.79 Å². The Balaban J connectivity index is 0.000000243. The molecular weight excluding hydrogens is 516 g/mol. The van der Waals surface area contributed by atoms with Crippen molar-refractivity contribution in [3.63, 3.8) is 0 Å². The van der Waals surface area contributed by atoms with Crippen LogP contribution in [0.4, 0.5) is 27.9 Å². The van der Waals surface area contributed by atoms with E-state index in [1.165, 1.54) is 0 Å². The van der Waals surface area contributed by atoms with Crippen molar-refractivity contribution in [2.24, 2.45) is 5.73 Å². The maximum absolute atomic E-state index is 11.8. The monoisotopic (exact) mass is 548 g/mol. The summed E-state index contributed by atoms with van der Waals surface area (Å²) < 4.78 is 0. The molecule has 0 saturated heterocycles. The molecule has 0 saturated carbocycles. The highest BCUT2D eigenvalue weighted by Crippen LogP contribution is 2.35. The zero-order chi connectivity index (χ0) is 28.9. The van der Waals surface area contributed by atoms with Crippen LogP contribution in [-0.2, 0) is 6.42 Å². The zero-order valence-electron chi connectivity index (χ0n) is 22.0. The first-order chi connectivity index (χ1) is 18.9. The number of halogens is 1. The summed E-state index contributed by atoms with van der Waals surface area (Å²) in [6.45, 7) is 2.00. The molecule has 10 heteroatoms. The Hall–Kier alpha value is -4.44. The van der Waals surface area contributed by atoms with Gasteiger partial charge in [0.2, 0.25) is 5.95 Å². The van der Waals surface area contributed by atoms with E-state index < -0.39 is 6.03 Å². The first-order valence-corrected chi connectivity index (χ1v) is 12.3. The molecule has 3 aromatic carbocycles. The molecule has 0 spiro atoms. The molecule has 8 N–H and O–H groups in total. The van der Waals surface area contributed by atoms with Gasteiger partial charge in [-0.2, -0.15) is 4.98 Å². The molecule has 0 bridgehead atoms. The topological polar surface area (TPSA) is 165 Å². The molecule has 5 rings (SSSR count). The summed E-state index contributed by atoms with van der Waals surface area (Å²) in [5.41, 5.74) is 23.2. The van der Waals surface area contributed by atoms with Gasteiger partial charge in [0, 0.05) is 24.8 Å². The smallest absolute Gasteiger partial charge is 0.323 e. The molecule has 39 heavy (non-hydrogen) atoms. The molecule has 0 radical (unpaired) electrons. The SMILES string of the molecule is CCc1nc(N)nc(N)c1-c1ccc(Cl)cc1.CO.CO.NC(=O)N1c2ccccc2C=Cc2ccccc21. The third-order valence-electron chi connectivity index (χ3n) is 5.52. The Morgan fingerprint density at radius 2 is 1.31 bits per heavy atom. The highest BCUT2D eigenvalue weighted by atomic mass is 35.5. The molecular formula is C29H33ClN6O3. The predicted octanol–water partition coefficient (Wildman–Crippen LogP) is 5.13. The number of anilines is 4. The number of urea groups is 1. The van der Waals surface area contributed by atoms with Gasteiger partial charge in [0.1, 0.15) is 5.82 Å². The lowest BCUT2D eigenvalue weighted by Gasteiger charge is -2.22. The molecule has 1 aliphatic rings. The Labute approximate surface area is 233 Å². The van der Waals surface area contributed by atoms with Gasteiger partial charge in [-0.15, -0.1) is 0 Å². The largest absolute Gasteiger partial charge is 0.400 e. The van der Waals surface area contributed by atoms with E-state index in [1.54, 1.807) is 4.90 Å². The minimum Gasteiger partial charge on any atom is -0.400 e. The summed E-state index contributed by atoms with van der Waals surface area (Å²) in [4.78, 5) is 21.5. The second-order valence-corrected chi connectivity index (χ2v) is 8.21. The fourth-order valence-corrected chi connectivity index (χ4v) is 4.07. The van der Waals surface area contributed by atoms with Crippen molar-refractivity contribution in [1.29, 1.82) is 0 Å². The number of nitrogens with zero attached hydrogens (tertiary/aromatic N) is 3. The summed E-state index contributed by atoms with van der Waals surface area (Å²) in [6, 6.07) is 22.3. The number of benzene rings is 3. The van der Waals surface area contributed by atoms with Crippen molar-refractivity contribution in [1.82, 2.24) is 9.97 Å². The van der Waals surface area contributed by atoms with Crippen molar-refractivity contribution >= 4 is 52.9 Å². The lowest BCUT2D eigenvalue weighted by atomic mass is 10.0. The second kappa shape index (κ2) is 15.1. The normalized spacial score (nSPS) is 10.7. The van der Waals surface area contributed by atoms with Gasteiger partial charge < -0.3 is 27.4 Å². The Morgan fingerprint density at radius 3 is 1.77 bits per heavy atom. The van der Waals surface area contributed by atoms with E-state index >= 15 is 0 Å². The van der Waals surface area contributed by atoms with Crippen LogP contribution in [0.3, 0.4) is 0 Å². The lowest BCUT2D eigenvalue weighted by molar-refractivity contribution is 0.256. The molecule has 2 amide bonds. The Kier molecular flexibility index (Phi) is 11.9. The van der Waals surface area contributed by atoms with Crippen LogP contribution in [0.15, 0.2) is 72.8 Å². The number of hydrogen-bond donors (Lipinski definition) is 5. The molecule has 0 unspecified atom stereocenters. The highest BCUT2D eigenvalue weighted by Gasteiger charge is 2.21. The van der Waals surface area contributed by atoms with Crippen molar-refractivity contribution < 1.29 is 15.0 Å². The molecule has 204 valence electrons. The second-order valence-electron chi connectivity index (χ2n) is 7.77. The average molecular weight is 549 g/mol. The van der Waals surface area contributed by atoms with Crippen LogP contribution >= 0.6 is 11.6 Å². The maximum atomic E-state index is 11.8. The third-order valence-corrected chi connectivity index (χ3v) is 5.77. The summed E-state index contributed by atoms with van der Waals surface area (Å²) in [5.74, 6) is 0.605. The number of aryl methyl sites for hydroxylation is 1. The quantitative estimate of drug-likeness (QED) is 0.231.